The van der Waals surface area contributed by atoms with Crippen LogP contribution in [0.2, 0.25) is 0 Å². The number of likely N-dealkylation sites (tertiary alicyclic amines) is 1. The number of hydrogen-bond acceptors (Lipinski definition) is 3. The van der Waals surface area contributed by atoms with Gasteiger partial charge >= 0.3 is 0 Å². The summed E-state index contributed by atoms with van der Waals surface area (Å²) in [6.07, 6.45) is 2.33. The number of thiophene rings is 1. The van der Waals surface area contributed by atoms with Crippen molar-refractivity contribution in [1.82, 2.24) is 4.90 Å². The van der Waals surface area contributed by atoms with Gasteiger partial charge in [0.2, 0.25) is 5.91 Å². The summed E-state index contributed by atoms with van der Waals surface area (Å²) in [4.78, 5) is 18.5. The second-order valence-corrected chi connectivity index (χ2v) is 7.05. The molecule has 1 saturated heterocycles. The Bertz CT molecular complexity index is 653. The summed E-state index contributed by atoms with van der Waals surface area (Å²) < 4.78 is 0. The largest absolute Gasteiger partial charge is 0.311 e. The molecular weight excluding hydrogens is 304 g/mol. The Kier molecular flexibility index (Phi) is 5.13. The molecule has 1 aliphatic rings. The fourth-order valence-electron chi connectivity index (χ4n) is 3.42. The van der Waals surface area contributed by atoms with Gasteiger partial charge in [-0.05, 0) is 56.3 Å². The first-order valence-electron chi connectivity index (χ1n) is 8.34. The minimum atomic E-state index is 0.199. The standard InChI is InChI=1S/C19H24N2OS/c1-3-21(16-9-5-4-8-15(16)2)19(22)14-20-12-6-10-17(20)18-11-7-13-23-18/h4-5,7-9,11,13,17H,3,6,10,12,14H2,1-2H3/t17-/m0/s1. The normalized spacial score (nSPS) is 18.3. The maximum atomic E-state index is 12.9. The van der Waals surface area contributed by atoms with Crippen LogP contribution in [0.5, 0.6) is 0 Å². The summed E-state index contributed by atoms with van der Waals surface area (Å²) in [5, 5.41) is 2.12. The van der Waals surface area contributed by atoms with Crippen molar-refractivity contribution in [2.75, 3.05) is 24.5 Å². The minimum Gasteiger partial charge on any atom is -0.311 e. The molecule has 1 aliphatic heterocycles. The zero-order chi connectivity index (χ0) is 16.2. The van der Waals surface area contributed by atoms with E-state index in [1.54, 1.807) is 11.3 Å². The number of carbonyl (C=O) groups excluding carboxylic acids is 1. The number of benzene rings is 1. The molecule has 4 heteroatoms. The Morgan fingerprint density at radius 1 is 1.30 bits per heavy atom. The summed E-state index contributed by atoms with van der Waals surface area (Å²) in [6, 6.07) is 12.8. The summed E-state index contributed by atoms with van der Waals surface area (Å²) in [7, 11) is 0. The van der Waals surface area contributed by atoms with Gasteiger partial charge in [0.05, 0.1) is 6.54 Å². The molecule has 3 nitrogen and oxygen atoms in total. The van der Waals surface area contributed by atoms with Crippen molar-refractivity contribution in [1.29, 1.82) is 0 Å². The molecule has 0 radical (unpaired) electrons. The van der Waals surface area contributed by atoms with Gasteiger partial charge in [0, 0.05) is 23.2 Å². The van der Waals surface area contributed by atoms with Gasteiger partial charge in [-0.2, -0.15) is 0 Å². The zero-order valence-electron chi connectivity index (χ0n) is 13.9. The minimum absolute atomic E-state index is 0.199. The van der Waals surface area contributed by atoms with E-state index in [-0.39, 0.29) is 5.91 Å². The van der Waals surface area contributed by atoms with E-state index in [2.05, 4.69) is 35.4 Å². The molecule has 0 spiro atoms. The second kappa shape index (κ2) is 7.28. The smallest absolute Gasteiger partial charge is 0.241 e. The Morgan fingerprint density at radius 3 is 2.83 bits per heavy atom. The van der Waals surface area contributed by atoms with Crippen LogP contribution in [-0.2, 0) is 4.79 Å². The predicted octanol–water partition coefficient (Wildman–Crippen LogP) is 4.25. The van der Waals surface area contributed by atoms with Gasteiger partial charge in [0.1, 0.15) is 0 Å². The Morgan fingerprint density at radius 2 is 2.13 bits per heavy atom. The number of hydrogen-bond donors (Lipinski definition) is 0. The van der Waals surface area contributed by atoms with Crippen LogP contribution < -0.4 is 4.90 Å². The maximum absolute atomic E-state index is 12.9. The van der Waals surface area contributed by atoms with E-state index in [1.165, 1.54) is 11.3 Å². The van der Waals surface area contributed by atoms with Crippen molar-refractivity contribution in [3.8, 4) is 0 Å². The molecule has 0 saturated carbocycles. The van der Waals surface area contributed by atoms with E-state index in [0.717, 1.165) is 24.2 Å². The number of likely N-dealkylation sites (N-methyl/N-ethyl adjacent to an activating group) is 1. The highest BCUT2D eigenvalue weighted by atomic mass is 32.1. The topological polar surface area (TPSA) is 23.6 Å². The fourth-order valence-corrected chi connectivity index (χ4v) is 4.32. The van der Waals surface area contributed by atoms with E-state index >= 15 is 0 Å². The number of aryl methyl sites for hydroxylation is 1. The first-order valence-corrected chi connectivity index (χ1v) is 9.22. The average molecular weight is 328 g/mol. The number of amides is 1. The molecule has 2 aromatic rings. The lowest BCUT2D eigenvalue weighted by Gasteiger charge is -2.28. The molecule has 0 unspecified atom stereocenters. The van der Waals surface area contributed by atoms with Crippen LogP contribution in [-0.4, -0.2) is 30.4 Å². The Balaban J connectivity index is 1.73. The van der Waals surface area contributed by atoms with Gasteiger partial charge in [-0.3, -0.25) is 9.69 Å². The third kappa shape index (κ3) is 3.48. The third-order valence-corrected chi connectivity index (χ3v) is 5.57. The lowest BCUT2D eigenvalue weighted by atomic mass is 10.1. The maximum Gasteiger partial charge on any atom is 0.241 e. The van der Waals surface area contributed by atoms with Crippen LogP contribution in [0, 0.1) is 6.92 Å². The Labute approximate surface area is 142 Å². The highest BCUT2D eigenvalue weighted by molar-refractivity contribution is 7.10. The SMILES string of the molecule is CCN(C(=O)CN1CCC[C@H]1c1cccs1)c1ccccc1C. The molecule has 0 bridgehead atoms. The summed E-state index contributed by atoms with van der Waals surface area (Å²) >= 11 is 1.80. The summed E-state index contributed by atoms with van der Waals surface area (Å²) in [5.74, 6) is 0.199. The lowest BCUT2D eigenvalue weighted by Crippen LogP contribution is -2.40. The monoisotopic (exact) mass is 328 g/mol. The van der Waals surface area contributed by atoms with Crippen LogP contribution in [0.25, 0.3) is 0 Å². The lowest BCUT2D eigenvalue weighted by molar-refractivity contribution is -0.119. The fraction of sp³-hybridized carbons (Fsp3) is 0.421. The first kappa shape index (κ1) is 16.2. The van der Waals surface area contributed by atoms with Crippen LogP contribution in [0.3, 0.4) is 0 Å². The summed E-state index contributed by atoms with van der Waals surface area (Å²) in [5.41, 5.74) is 2.19. The van der Waals surface area contributed by atoms with Gasteiger partial charge in [-0.15, -0.1) is 11.3 Å². The van der Waals surface area contributed by atoms with Crippen LogP contribution >= 0.6 is 11.3 Å². The number of carbonyl (C=O) groups is 1. The number of rotatable bonds is 5. The van der Waals surface area contributed by atoms with Crippen molar-refractivity contribution < 1.29 is 4.79 Å². The van der Waals surface area contributed by atoms with Crippen LogP contribution in [0.15, 0.2) is 41.8 Å². The highest BCUT2D eigenvalue weighted by Crippen LogP contribution is 2.34. The van der Waals surface area contributed by atoms with E-state index < -0.39 is 0 Å². The highest BCUT2D eigenvalue weighted by Gasteiger charge is 2.29. The number of para-hydroxylation sites is 1. The van der Waals surface area contributed by atoms with E-state index in [1.807, 2.05) is 30.0 Å². The Hall–Kier alpha value is -1.65. The average Bonchev–Trinajstić information content (AvgIpc) is 3.20. The van der Waals surface area contributed by atoms with Gasteiger partial charge in [-0.25, -0.2) is 0 Å². The van der Waals surface area contributed by atoms with Gasteiger partial charge < -0.3 is 4.90 Å². The number of nitrogens with zero attached hydrogens (tertiary/aromatic N) is 2. The molecule has 1 atom stereocenters. The van der Waals surface area contributed by atoms with Gasteiger partial charge in [0.25, 0.3) is 0 Å². The number of anilines is 1. The molecule has 3 rings (SSSR count). The molecule has 1 fully saturated rings. The molecule has 1 aromatic carbocycles. The second-order valence-electron chi connectivity index (χ2n) is 6.07. The van der Waals surface area contributed by atoms with Crippen molar-refractivity contribution >= 4 is 22.9 Å². The van der Waals surface area contributed by atoms with E-state index in [0.29, 0.717) is 19.1 Å². The molecular formula is C19H24N2OS. The van der Waals surface area contributed by atoms with Crippen molar-refractivity contribution in [2.24, 2.45) is 0 Å². The van der Waals surface area contributed by atoms with Crippen molar-refractivity contribution in [3.63, 3.8) is 0 Å². The van der Waals surface area contributed by atoms with E-state index in [4.69, 9.17) is 0 Å². The third-order valence-electron chi connectivity index (χ3n) is 4.60. The van der Waals surface area contributed by atoms with Gasteiger partial charge in [0.15, 0.2) is 0 Å². The van der Waals surface area contributed by atoms with Crippen molar-refractivity contribution in [2.45, 2.75) is 32.7 Å². The quantitative estimate of drug-likeness (QED) is 0.819. The molecule has 23 heavy (non-hydrogen) atoms. The molecule has 0 aliphatic carbocycles. The van der Waals surface area contributed by atoms with Gasteiger partial charge in [-0.1, -0.05) is 24.3 Å². The van der Waals surface area contributed by atoms with E-state index in [9.17, 15) is 4.79 Å². The molecule has 1 amide bonds. The molecule has 1 aromatic heterocycles. The van der Waals surface area contributed by atoms with Crippen LogP contribution in [0.4, 0.5) is 5.69 Å². The summed E-state index contributed by atoms with van der Waals surface area (Å²) in [6.45, 7) is 6.34. The molecule has 2 heterocycles. The predicted molar refractivity (Wildman–Crippen MR) is 97.1 cm³/mol. The van der Waals surface area contributed by atoms with Crippen LogP contribution in [0.1, 0.15) is 36.2 Å². The first-order chi connectivity index (χ1) is 11.2. The van der Waals surface area contributed by atoms with Crippen molar-refractivity contribution in [3.05, 3.63) is 52.2 Å². The zero-order valence-corrected chi connectivity index (χ0v) is 14.7. The molecule has 122 valence electrons. The molecule has 0 N–H and O–H groups in total.